The Balaban J connectivity index is 1.65. The van der Waals surface area contributed by atoms with Gasteiger partial charge in [0.2, 0.25) is 5.91 Å². The Kier molecular flexibility index (Phi) is 6.02. The van der Waals surface area contributed by atoms with E-state index in [2.05, 4.69) is 0 Å². The summed E-state index contributed by atoms with van der Waals surface area (Å²) < 4.78 is 28.5. The summed E-state index contributed by atoms with van der Waals surface area (Å²) in [6.07, 6.45) is 1.57. The molecule has 8 nitrogen and oxygen atoms in total. The van der Waals surface area contributed by atoms with E-state index in [9.17, 15) is 22.8 Å². The normalized spacial score (nSPS) is 21.0. The summed E-state index contributed by atoms with van der Waals surface area (Å²) in [6.45, 7) is 2.18. The molecule has 0 aromatic heterocycles. The molecule has 3 rings (SSSR count). The van der Waals surface area contributed by atoms with Crippen LogP contribution < -0.4 is 4.90 Å². The highest BCUT2D eigenvalue weighted by Crippen LogP contribution is 2.26. The SMILES string of the molecule is CCN(C(=O)COC(=O)c1ccccc1N1CCCC1=O)[C@H]1CCS(=O)(=O)C1. The van der Waals surface area contributed by atoms with Crippen LogP contribution in [0.3, 0.4) is 0 Å². The third-order valence-corrected chi connectivity index (χ3v) is 6.88. The third kappa shape index (κ3) is 4.35. The molecule has 0 radical (unpaired) electrons. The number of hydrogen-bond acceptors (Lipinski definition) is 6. The van der Waals surface area contributed by atoms with E-state index in [-0.39, 0.29) is 29.0 Å². The maximum atomic E-state index is 12.5. The van der Waals surface area contributed by atoms with Crippen molar-refractivity contribution in [2.75, 3.05) is 36.1 Å². The molecule has 0 spiro atoms. The number of sulfone groups is 1. The highest BCUT2D eigenvalue weighted by atomic mass is 32.2. The predicted octanol–water partition coefficient (Wildman–Crippen LogP) is 1.01. The van der Waals surface area contributed by atoms with Gasteiger partial charge in [-0.15, -0.1) is 0 Å². The van der Waals surface area contributed by atoms with Crippen LogP contribution in [0.1, 0.15) is 36.5 Å². The first kappa shape index (κ1) is 20.3. The Morgan fingerprint density at radius 2 is 2.04 bits per heavy atom. The fraction of sp³-hybridized carbons (Fsp3) is 0.526. The van der Waals surface area contributed by atoms with Gasteiger partial charge >= 0.3 is 5.97 Å². The first-order chi connectivity index (χ1) is 13.3. The topological polar surface area (TPSA) is 101 Å². The van der Waals surface area contributed by atoms with Gasteiger partial charge in [-0.2, -0.15) is 0 Å². The van der Waals surface area contributed by atoms with Crippen LogP contribution >= 0.6 is 0 Å². The number of carbonyl (C=O) groups excluding carboxylic acids is 3. The maximum Gasteiger partial charge on any atom is 0.340 e. The van der Waals surface area contributed by atoms with Gasteiger partial charge in [0.15, 0.2) is 16.4 Å². The number of para-hydroxylation sites is 1. The smallest absolute Gasteiger partial charge is 0.340 e. The zero-order chi connectivity index (χ0) is 20.3. The van der Waals surface area contributed by atoms with Crippen LogP contribution in [-0.2, 0) is 24.2 Å². The molecule has 152 valence electrons. The molecule has 0 aliphatic carbocycles. The number of likely N-dealkylation sites (N-methyl/N-ethyl adjacent to an activating group) is 1. The number of benzene rings is 1. The number of rotatable bonds is 6. The van der Waals surface area contributed by atoms with Gasteiger partial charge < -0.3 is 14.5 Å². The fourth-order valence-corrected chi connectivity index (χ4v) is 5.46. The highest BCUT2D eigenvalue weighted by molar-refractivity contribution is 7.91. The van der Waals surface area contributed by atoms with Crippen molar-refractivity contribution in [3.63, 3.8) is 0 Å². The summed E-state index contributed by atoms with van der Waals surface area (Å²) in [4.78, 5) is 40.0. The van der Waals surface area contributed by atoms with Crippen LogP contribution in [0.2, 0.25) is 0 Å². The molecule has 28 heavy (non-hydrogen) atoms. The van der Waals surface area contributed by atoms with Crippen LogP contribution in [0, 0.1) is 0 Å². The largest absolute Gasteiger partial charge is 0.452 e. The van der Waals surface area contributed by atoms with E-state index in [0.717, 1.165) is 6.42 Å². The van der Waals surface area contributed by atoms with Gasteiger partial charge in [0.1, 0.15) is 0 Å². The van der Waals surface area contributed by atoms with E-state index in [1.54, 1.807) is 36.1 Å². The van der Waals surface area contributed by atoms with Gasteiger partial charge in [-0.3, -0.25) is 9.59 Å². The average Bonchev–Trinajstić information content (AvgIpc) is 3.25. The van der Waals surface area contributed by atoms with Crippen LogP contribution in [-0.4, -0.2) is 68.3 Å². The molecule has 2 aliphatic rings. The molecule has 0 N–H and O–H groups in total. The van der Waals surface area contributed by atoms with E-state index >= 15 is 0 Å². The van der Waals surface area contributed by atoms with E-state index in [1.807, 2.05) is 0 Å². The Bertz CT molecular complexity index is 882. The number of nitrogens with zero attached hydrogens (tertiary/aromatic N) is 2. The summed E-state index contributed by atoms with van der Waals surface area (Å²) >= 11 is 0. The molecular formula is C19H24N2O6S. The Morgan fingerprint density at radius 3 is 2.64 bits per heavy atom. The molecule has 0 saturated carbocycles. The second kappa shape index (κ2) is 8.30. The van der Waals surface area contributed by atoms with Gasteiger partial charge in [0.25, 0.3) is 5.91 Å². The zero-order valence-corrected chi connectivity index (χ0v) is 16.6. The van der Waals surface area contributed by atoms with Crippen molar-refractivity contribution < 1.29 is 27.5 Å². The molecule has 1 atom stereocenters. The lowest BCUT2D eigenvalue weighted by Crippen LogP contribution is -2.43. The summed E-state index contributed by atoms with van der Waals surface area (Å²) in [5.74, 6) is -1.14. The highest BCUT2D eigenvalue weighted by Gasteiger charge is 2.34. The van der Waals surface area contributed by atoms with Crippen molar-refractivity contribution in [3.8, 4) is 0 Å². The van der Waals surface area contributed by atoms with Gasteiger partial charge in [-0.25, -0.2) is 13.2 Å². The third-order valence-electron chi connectivity index (χ3n) is 5.13. The summed E-state index contributed by atoms with van der Waals surface area (Å²) in [7, 11) is -3.12. The minimum atomic E-state index is -3.12. The lowest BCUT2D eigenvalue weighted by molar-refractivity contribution is -0.136. The standard InChI is InChI=1S/C19H24N2O6S/c1-2-20(14-9-11-28(25,26)13-14)18(23)12-27-19(24)15-6-3-4-7-16(15)21-10-5-8-17(21)22/h3-4,6-7,14H,2,5,8-13H2,1H3/t14-/m0/s1. The number of esters is 1. The van der Waals surface area contributed by atoms with Gasteiger partial charge in [-0.1, -0.05) is 12.1 Å². The number of anilines is 1. The summed E-state index contributed by atoms with van der Waals surface area (Å²) in [5, 5.41) is 0. The monoisotopic (exact) mass is 408 g/mol. The van der Waals surface area contributed by atoms with Gasteiger partial charge in [0, 0.05) is 25.6 Å². The van der Waals surface area contributed by atoms with Gasteiger partial charge in [-0.05, 0) is 31.9 Å². The van der Waals surface area contributed by atoms with Crippen molar-refractivity contribution in [2.24, 2.45) is 0 Å². The number of amides is 2. The van der Waals surface area contributed by atoms with Crippen molar-refractivity contribution in [1.29, 1.82) is 0 Å². The molecule has 1 aromatic carbocycles. The fourth-order valence-electron chi connectivity index (χ4n) is 3.73. The van der Waals surface area contributed by atoms with Crippen LogP contribution in [0.15, 0.2) is 24.3 Å². The maximum absolute atomic E-state index is 12.5. The molecule has 9 heteroatoms. The molecule has 2 heterocycles. The predicted molar refractivity (Wildman–Crippen MR) is 103 cm³/mol. The molecule has 1 aromatic rings. The van der Waals surface area contributed by atoms with E-state index < -0.39 is 28.3 Å². The summed E-state index contributed by atoms with van der Waals surface area (Å²) in [6, 6.07) is 6.28. The van der Waals surface area contributed by atoms with E-state index in [1.165, 1.54) is 4.90 Å². The number of hydrogen-bond donors (Lipinski definition) is 0. The van der Waals surface area contributed by atoms with E-state index in [0.29, 0.717) is 31.6 Å². The van der Waals surface area contributed by atoms with Crippen LogP contribution in [0.4, 0.5) is 5.69 Å². The first-order valence-electron chi connectivity index (χ1n) is 9.39. The molecule has 0 unspecified atom stereocenters. The second-order valence-corrected chi connectivity index (χ2v) is 9.21. The van der Waals surface area contributed by atoms with Crippen molar-refractivity contribution >= 4 is 33.3 Å². The van der Waals surface area contributed by atoms with Crippen LogP contribution in [0.5, 0.6) is 0 Å². The molecule has 0 bridgehead atoms. The Morgan fingerprint density at radius 1 is 1.29 bits per heavy atom. The minimum absolute atomic E-state index is 0.0454. The molecule has 2 amide bonds. The van der Waals surface area contributed by atoms with Crippen LogP contribution in [0.25, 0.3) is 0 Å². The second-order valence-electron chi connectivity index (χ2n) is 6.98. The quantitative estimate of drug-likeness (QED) is 0.651. The first-order valence-corrected chi connectivity index (χ1v) is 11.2. The average molecular weight is 408 g/mol. The number of carbonyl (C=O) groups is 3. The van der Waals surface area contributed by atoms with Gasteiger partial charge in [0.05, 0.1) is 22.8 Å². The molecular weight excluding hydrogens is 384 g/mol. The lowest BCUT2D eigenvalue weighted by Gasteiger charge is -2.26. The zero-order valence-electron chi connectivity index (χ0n) is 15.8. The summed E-state index contributed by atoms with van der Waals surface area (Å²) in [5.41, 5.74) is 0.716. The molecule has 2 aliphatic heterocycles. The lowest BCUT2D eigenvalue weighted by atomic mass is 10.1. The minimum Gasteiger partial charge on any atom is -0.452 e. The number of ether oxygens (including phenoxy) is 1. The van der Waals surface area contributed by atoms with Crippen molar-refractivity contribution in [2.45, 2.75) is 32.2 Å². The van der Waals surface area contributed by atoms with Crippen molar-refractivity contribution in [1.82, 2.24) is 4.90 Å². The Labute approximate surface area is 164 Å². The Hall–Kier alpha value is -2.42. The van der Waals surface area contributed by atoms with E-state index in [4.69, 9.17) is 4.74 Å². The molecule has 2 saturated heterocycles. The van der Waals surface area contributed by atoms with Crippen molar-refractivity contribution in [3.05, 3.63) is 29.8 Å². The molecule has 2 fully saturated rings.